The van der Waals surface area contributed by atoms with Crippen molar-refractivity contribution in [3.8, 4) is 0 Å². The van der Waals surface area contributed by atoms with Gasteiger partial charge in [-0.2, -0.15) is 0 Å². The number of nitrogens with one attached hydrogen (secondary N) is 1. The predicted molar refractivity (Wildman–Crippen MR) is 107 cm³/mol. The van der Waals surface area contributed by atoms with Crippen LogP contribution >= 0.6 is 0 Å². The van der Waals surface area contributed by atoms with Crippen LogP contribution in [0, 0.1) is 18.6 Å². The largest absolute Gasteiger partial charge is 0.334 e. The third-order valence-corrected chi connectivity index (χ3v) is 5.02. The highest BCUT2D eigenvalue weighted by Crippen LogP contribution is 2.23. The molecule has 2 amide bonds. The molecule has 1 unspecified atom stereocenters. The van der Waals surface area contributed by atoms with Crippen molar-refractivity contribution in [2.24, 2.45) is 0 Å². The predicted octanol–water partition coefficient (Wildman–Crippen LogP) is 4.42. The Morgan fingerprint density at radius 3 is 2.69 bits per heavy atom. The van der Waals surface area contributed by atoms with E-state index in [4.69, 9.17) is 0 Å². The van der Waals surface area contributed by atoms with Crippen LogP contribution in [-0.4, -0.2) is 27.5 Å². The van der Waals surface area contributed by atoms with E-state index in [0.717, 1.165) is 35.2 Å². The molecule has 1 N–H and O–H groups in total. The lowest BCUT2D eigenvalue weighted by Gasteiger charge is -2.26. The quantitative estimate of drug-likeness (QED) is 0.668. The summed E-state index contributed by atoms with van der Waals surface area (Å²) in [5.41, 5.74) is 2.19. The van der Waals surface area contributed by atoms with Gasteiger partial charge in [0.15, 0.2) is 0 Å². The van der Waals surface area contributed by atoms with E-state index in [1.165, 1.54) is 4.90 Å². The minimum absolute atomic E-state index is 0.139. The van der Waals surface area contributed by atoms with E-state index < -0.39 is 17.7 Å². The number of hydrogen-bond donors (Lipinski definition) is 1. The highest BCUT2D eigenvalue weighted by Gasteiger charge is 2.20. The molecule has 3 aromatic rings. The minimum atomic E-state index is -0.610. The molecule has 152 valence electrons. The average Bonchev–Trinajstić information content (AvgIpc) is 3.11. The van der Waals surface area contributed by atoms with Gasteiger partial charge in [-0.05, 0) is 43.2 Å². The average molecular weight is 398 g/mol. The van der Waals surface area contributed by atoms with Crippen molar-refractivity contribution in [3.05, 3.63) is 89.0 Å². The molecule has 0 radical (unpaired) electrons. The molecule has 5 nitrogen and oxygen atoms in total. The van der Waals surface area contributed by atoms with Crippen LogP contribution < -0.4 is 5.32 Å². The lowest BCUT2D eigenvalue weighted by molar-refractivity contribution is 0.193. The van der Waals surface area contributed by atoms with Crippen LogP contribution in [0.25, 0.3) is 0 Å². The van der Waals surface area contributed by atoms with E-state index in [9.17, 15) is 13.6 Å². The molecule has 0 aliphatic heterocycles. The zero-order valence-electron chi connectivity index (χ0n) is 16.7. The SMILES string of the molecule is Cc1nccn1Cc1cccc(CNC(=O)N(C)C(C)c2cc(F)ccc2F)c1. The fraction of sp³-hybridized carbons (Fsp3) is 0.273. The smallest absolute Gasteiger partial charge is 0.317 e. The summed E-state index contributed by atoms with van der Waals surface area (Å²) in [6.07, 6.45) is 3.68. The summed E-state index contributed by atoms with van der Waals surface area (Å²) in [6.45, 7) is 4.63. The summed E-state index contributed by atoms with van der Waals surface area (Å²) in [4.78, 5) is 18.1. The van der Waals surface area contributed by atoms with Gasteiger partial charge in [-0.25, -0.2) is 18.6 Å². The summed E-state index contributed by atoms with van der Waals surface area (Å²) in [6, 6.07) is 10.2. The number of carbonyl (C=O) groups is 1. The molecule has 0 saturated heterocycles. The van der Waals surface area contributed by atoms with Crippen LogP contribution in [0.15, 0.2) is 54.9 Å². The number of nitrogens with zero attached hydrogens (tertiary/aromatic N) is 3. The maximum atomic E-state index is 14.0. The summed E-state index contributed by atoms with van der Waals surface area (Å²) in [5, 5.41) is 2.83. The number of amides is 2. The molecule has 3 rings (SSSR count). The van der Waals surface area contributed by atoms with Gasteiger partial charge in [0.1, 0.15) is 17.5 Å². The molecule has 0 bridgehead atoms. The Hall–Kier alpha value is -3.22. The highest BCUT2D eigenvalue weighted by molar-refractivity contribution is 5.74. The third-order valence-electron chi connectivity index (χ3n) is 5.02. The van der Waals surface area contributed by atoms with E-state index in [1.807, 2.05) is 42.0 Å². The van der Waals surface area contributed by atoms with Gasteiger partial charge in [0, 0.05) is 38.1 Å². The van der Waals surface area contributed by atoms with Crippen LogP contribution in [0.4, 0.5) is 13.6 Å². The van der Waals surface area contributed by atoms with Crippen LogP contribution in [0.2, 0.25) is 0 Å². The number of urea groups is 1. The van der Waals surface area contributed by atoms with Gasteiger partial charge < -0.3 is 14.8 Å². The molecule has 1 heterocycles. The van der Waals surface area contributed by atoms with Gasteiger partial charge in [-0.3, -0.25) is 0 Å². The number of carbonyl (C=O) groups excluding carboxylic acids is 1. The van der Waals surface area contributed by atoms with E-state index >= 15 is 0 Å². The van der Waals surface area contributed by atoms with Gasteiger partial charge in [0.05, 0.1) is 6.04 Å². The van der Waals surface area contributed by atoms with Crippen molar-refractivity contribution < 1.29 is 13.6 Å². The monoisotopic (exact) mass is 398 g/mol. The van der Waals surface area contributed by atoms with Gasteiger partial charge in [-0.15, -0.1) is 0 Å². The first kappa shape index (κ1) is 20.5. The van der Waals surface area contributed by atoms with Crippen LogP contribution in [0.1, 0.15) is 35.5 Å². The van der Waals surface area contributed by atoms with E-state index in [1.54, 1.807) is 20.2 Å². The Kier molecular flexibility index (Phi) is 6.26. The number of aryl methyl sites for hydroxylation is 1. The Morgan fingerprint density at radius 2 is 1.97 bits per heavy atom. The van der Waals surface area contributed by atoms with Gasteiger partial charge >= 0.3 is 6.03 Å². The third kappa shape index (κ3) is 4.99. The highest BCUT2D eigenvalue weighted by atomic mass is 19.1. The van der Waals surface area contributed by atoms with Crippen molar-refractivity contribution in [2.75, 3.05) is 7.05 Å². The second-order valence-electron chi connectivity index (χ2n) is 7.03. The van der Waals surface area contributed by atoms with Crippen LogP contribution in [0.5, 0.6) is 0 Å². The van der Waals surface area contributed by atoms with Gasteiger partial charge in [-0.1, -0.05) is 24.3 Å². The molecule has 0 fully saturated rings. The van der Waals surface area contributed by atoms with Crippen molar-refractivity contribution in [3.63, 3.8) is 0 Å². The summed E-state index contributed by atoms with van der Waals surface area (Å²) in [7, 11) is 1.56. The second-order valence-corrected chi connectivity index (χ2v) is 7.03. The molecule has 29 heavy (non-hydrogen) atoms. The lowest BCUT2D eigenvalue weighted by Crippen LogP contribution is -2.38. The fourth-order valence-corrected chi connectivity index (χ4v) is 3.13. The Morgan fingerprint density at radius 1 is 1.21 bits per heavy atom. The first-order valence-corrected chi connectivity index (χ1v) is 9.36. The van der Waals surface area contributed by atoms with Gasteiger partial charge in [0.2, 0.25) is 0 Å². The number of benzene rings is 2. The maximum Gasteiger partial charge on any atom is 0.317 e. The summed E-state index contributed by atoms with van der Waals surface area (Å²) < 4.78 is 29.5. The number of halogens is 2. The lowest BCUT2D eigenvalue weighted by atomic mass is 10.1. The van der Waals surface area contributed by atoms with Crippen molar-refractivity contribution in [1.82, 2.24) is 19.8 Å². The Bertz CT molecular complexity index is 1000. The first-order chi connectivity index (χ1) is 13.8. The van der Waals surface area contributed by atoms with Crippen LogP contribution in [0.3, 0.4) is 0 Å². The summed E-state index contributed by atoms with van der Waals surface area (Å²) >= 11 is 0. The van der Waals surface area contributed by atoms with Crippen LogP contribution in [-0.2, 0) is 13.1 Å². The molecular weight excluding hydrogens is 374 g/mol. The number of rotatable bonds is 6. The molecule has 0 spiro atoms. The van der Waals surface area contributed by atoms with E-state index in [2.05, 4.69) is 10.3 Å². The topological polar surface area (TPSA) is 50.2 Å². The first-order valence-electron chi connectivity index (χ1n) is 9.36. The number of hydrogen-bond acceptors (Lipinski definition) is 2. The zero-order valence-corrected chi connectivity index (χ0v) is 16.7. The molecular formula is C22H24F2N4O. The van der Waals surface area contributed by atoms with Gasteiger partial charge in [0.25, 0.3) is 0 Å². The van der Waals surface area contributed by atoms with E-state index in [0.29, 0.717) is 13.1 Å². The summed E-state index contributed by atoms with van der Waals surface area (Å²) in [5.74, 6) is -0.142. The van der Waals surface area contributed by atoms with Crippen molar-refractivity contribution in [1.29, 1.82) is 0 Å². The normalized spacial score (nSPS) is 11.9. The maximum absolute atomic E-state index is 14.0. The molecule has 1 atom stereocenters. The standard InChI is InChI=1S/C22H24F2N4O/c1-15(20-12-19(23)7-8-21(20)24)27(3)22(29)26-13-17-5-4-6-18(11-17)14-28-10-9-25-16(28)2/h4-12,15H,13-14H2,1-3H3,(H,26,29). The molecule has 0 saturated carbocycles. The van der Waals surface area contributed by atoms with Crippen molar-refractivity contribution in [2.45, 2.75) is 33.0 Å². The molecule has 0 aliphatic carbocycles. The Labute approximate surface area is 169 Å². The molecule has 1 aromatic heterocycles. The zero-order chi connectivity index (χ0) is 21.0. The van der Waals surface area contributed by atoms with E-state index in [-0.39, 0.29) is 11.6 Å². The molecule has 2 aromatic carbocycles. The number of imidazole rings is 1. The second kappa shape index (κ2) is 8.86. The minimum Gasteiger partial charge on any atom is -0.334 e. The number of aromatic nitrogens is 2. The van der Waals surface area contributed by atoms with Crippen molar-refractivity contribution >= 4 is 6.03 Å². The molecule has 0 aliphatic rings. The molecule has 7 heteroatoms. The Balaban J connectivity index is 1.62. The fourth-order valence-electron chi connectivity index (χ4n) is 3.13.